The standard InChI is InChI=1S/C19H25N5O2/c1-13(2)24-18(7-9-22-24)19(26)23-10-4-5-17(23)15-6-8-20-16(11-15)12-21-14(3)25/h6-9,11,13,17H,4-5,10,12H2,1-3H3,(H,21,25)/t17-/m1/s1. The Kier molecular flexibility index (Phi) is 5.35. The van der Waals surface area contributed by atoms with Gasteiger partial charge in [-0.05, 0) is 50.5 Å². The molecule has 0 radical (unpaired) electrons. The van der Waals surface area contributed by atoms with E-state index < -0.39 is 0 Å². The molecule has 2 amide bonds. The topological polar surface area (TPSA) is 80.1 Å². The van der Waals surface area contributed by atoms with Crippen LogP contribution in [0.4, 0.5) is 0 Å². The number of carbonyl (C=O) groups excluding carboxylic acids is 2. The number of rotatable bonds is 5. The van der Waals surface area contributed by atoms with E-state index in [1.165, 1.54) is 6.92 Å². The highest BCUT2D eigenvalue weighted by Crippen LogP contribution is 2.33. The number of aromatic nitrogens is 3. The Morgan fingerprint density at radius 3 is 2.85 bits per heavy atom. The van der Waals surface area contributed by atoms with E-state index in [2.05, 4.69) is 15.4 Å². The van der Waals surface area contributed by atoms with Crippen LogP contribution in [0.15, 0.2) is 30.6 Å². The Labute approximate surface area is 153 Å². The molecule has 1 saturated heterocycles. The van der Waals surface area contributed by atoms with Crippen LogP contribution in [0.2, 0.25) is 0 Å². The van der Waals surface area contributed by atoms with E-state index >= 15 is 0 Å². The molecule has 2 aromatic heterocycles. The minimum absolute atomic E-state index is 0.0129. The third-order valence-corrected chi connectivity index (χ3v) is 4.64. The molecule has 3 heterocycles. The number of nitrogens with one attached hydrogen (secondary N) is 1. The van der Waals surface area contributed by atoms with Crippen LogP contribution >= 0.6 is 0 Å². The lowest BCUT2D eigenvalue weighted by atomic mass is 10.0. The van der Waals surface area contributed by atoms with Crippen molar-refractivity contribution in [2.24, 2.45) is 0 Å². The number of nitrogens with zero attached hydrogens (tertiary/aromatic N) is 4. The number of amides is 2. The lowest BCUT2D eigenvalue weighted by Crippen LogP contribution is -2.32. The number of hydrogen-bond donors (Lipinski definition) is 1. The van der Waals surface area contributed by atoms with E-state index in [0.717, 1.165) is 30.6 Å². The van der Waals surface area contributed by atoms with Crippen LogP contribution < -0.4 is 5.32 Å². The summed E-state index contributed by atoms with van der Waals surface area (Å²) in [5.41, 5.74) is 2.48. The van der Waals surface area contributed by atoms with Crippen LogP contribution in [0.3, 0.4) is 0 Å². The predicted octanol–water partition coefficient (Wildman–Crippen LogP) is 2.47. The first-order valence-corrected chi connectivity index (χ1v) is 9.01. The smallest absolute Gasteiger partial charge is 0.272 e. The minimum atomic E-state index is -0.0863. The molecular weight excluding hydrogens is 330 g/mol. The molecule has 1 atom stereocenters. The van der Waals surface area contributed by atoms with Gasteiger partial charge >= 0.3 is 0 Å². The lowest BCUT2D eigenvalue weighted by molar-refractivity contribution is -0.119. The summed E-state index contributed by atoms with van der Waals surface area (Å²) in [5.74, 6) is -0.0734. The van der Waals surface area contributed by atoms with Crippen molar-refractivity contribution in [3.8, 4) is 0 Å². The number of pyridine rings is 1. The Hall–Kier alpha value is -2.70. The molecule has 0 unspecified atom stereocenters. The van der Waals surface area contributed by atoms with Crippen molar-refractivity contribution in [1.82, 2.24) is 25.0 Å². The van der Waals surface area contributed by atoms with Gasteiger partial charge in [-0.3, -0.25) is 19.3 Å². The Morgan fingerprint density at radius 1 is 1.31 bits per heavy atom. The van der Waals surface area contributed by atoms with Gasteiger partial charge < -0.3 is 10.2 Å². The maximum absolute atomic E-state index is 13.1. The first-order valence-electron chi connectivity index (χ1n) is 9.01. The predicted molar refractivity (Wildman–Crippen MR) is 97.4 cm³/mol. The van der Waals surface area contributed by atoms with Gasteiger partial charge in [-0.1, -0.05) is 0 Å². The van der Waals surface area contributed by atoms with Crippen molar-refractivity contribution in [2.75, 3.05) is 6.54 Å². The zero-order valence-electron chi connectivity index (χ0n) is 15.5. The molecular formula is C19H25N5O2. The number of carbonyl (C=O) groups is 2. The second kappa shape index (κ2) is 7.68. The third-order valence-electron chi connectivity index (χ3n) is 4.64. The molecule has 0 aliphatic carbocycles. The number of hydrogen-bond acceptors (Lipinski definition) is 4. The molecule has 7 nitrogen and oxygen atoms in total. The SMILES string of the molecule is CC(=O)NCc1cc([C@H]2CCCN2C(=O)c2ccnn2C(C)C)ccn1. The minimum Gasteiger partial charge on any atom is -0.351 e. The van der Waals surface area contributed by atoms with Crippen LogP contribution in [-0.2, 0) is 11.3 Å². The van der Waals surface area contributed by atoms with Gasteiger partial charge in [-0.25, -0.2) is 0 Å². The summed E-state index contributed by atoms with van der Waals surface area (Å²) in [6.45, 7) is 6.64. The van der Waals surface area contributed by atoms with E-state index in [4.69, 9.17) is 0 Å². The fourth-order valence-corrected chi connectivity index (χ4v) is 3.41. The van der Waals surface area contributed by atoms with Crippen molar-refractivity contribution >= 4 is 11.8 Å². The molecule has 7 heteroatoms. The second-order valence-corrected chi connectivity index (χ2v) is 6.90. The molecule has 0 bridgehead atoms. The molecule has 0 spiro atoms. The first kappa shape index (κ1) is 18.1. The maximum atomic E-state index is 13.1. The van der Waals surface area contributed by atoms with Gasteiger partial charge in [0.2, 0.25) is 5.91 Å². The highest BCUT2D eigenvalue weighted by Gasteiger charge is 2.32. The zero-order chi connectivity index (χ0) is 18.7. The Balaban J connectivity index is 1.82. The van der Waals surface area contributed by atoms with Gasteiger partial charge in [0.15, 0.2) is 0 Å². The average molecular weight is 355 g/mol. The van der Waals surface area contributed by atoms with Gasteiger partial charge in [0.25, 0.3) is 5.91 Å². The monoisotopic (exact) mass is 355 g/mol. The summed E-state index contributed by atoms with van der Waals surface area (Å²) in [6.07, 6.45) is 5.31. The van der Waals surface area contributed by atoms with Crippen LogP contribution in [-0.4, -0.2) is 38.0 Å². The molecule has 138 valence electrons. The first-order chi connectivity index (χ1) is 12.5. The van der Waals surface area contributed by atoms with E-state index in [1.807, 2.05) is 30.9 Å². The van der Waals surface area contributed by atoms with Crippen LogP contribution in [0.25, 0.3) is 0 Å². The van der Waals surface area contributed by atoms with Crippen LogP contribution in [0.5, 0.6) is 0 Å². The van der Waals surface area contributed by atoms with Gasteiger partial charge in [0.05, 0.1) is 18.3 Å². The molecule has 0 aromatic carbocycles. The molecule has 1 N–H and O–H groups in total. The van der Waals surface area contributed by atoms with Crippen molar-refractivity contribution in [3.63, 3.8) is 0 Å². The highest BCUT2D eigenvalue weighted by atomic mass is 16.2. The van der Waals surface area contributed by atoms with Crippen molar-refractivity contribution in [1.29, 1.82) is 0 Å². The summed E-state index contributed by atoms with van der Waals surface area (Å²) in [4.78, 5) is 30.5. The fraction of sp³-hybridized carbons (Fsp3) is 0.474. The van der Waals surface area contributed by atoms with E-state index in [0.29, 0.717) is 12.2 Å². The van der Waals surface area contributed by atoms with E-state index in [-0.39, 0.29) is 23.9 Å². The Bertz CT molecular complexity index is 799. The summed E-state index contributed by atoms with van der Waals surface area (Å²) >= 11 is 0. The van der Waals surface area contributed by atoms with Crippen molar-refractivity contribution in [3.05, 3.63) is 47.5 Å². The third kappa shape index (κ3) is 3.76. The lowest BCUT2D eigenvalue weighted by Gasteiger charge is -2.26. The summed E-state index contributed by atoms with van der Waals surface area (Å²) in [7, 11) is 0. The molecule has 26 heavy (non-hydrogen) atoms. The van der Waals surface area contributed by atoms with Gasteiger partial charge in [-0.15, -0.1) is 0 Å². The van der Waals surface area contributed by atoms with Crippen molar-refractivity contribution < 1.29 is 9.59 Å². The van der Waals surface area contributed by atoms with Gasteiger partial charge in [0, 0.05) is 31.9 Å². The van der Waals surface area contributed by atoms with Crippen molar-refractivity contribution in [2.45, 2.75) is 52.2 Å². The zero-order valence-corrected chi connectivity index (χ0v) is 15.5. The van der Waals surface area contributed by atoms with E-state index in [9.17, 15) is 9.59 Å². The molecule has 1 aliphatic heterocycles. The maximum Gasteiger partial charge on any atom is 0.272 e. The van der Waals surface area contributed by atoms with E-state index in [1.54, 1.807) is 23.1 Å². The summed E-state index contributed by atoms with van der Waals surface area (Å²) in [6, 6.07) is 5.87. The average Bonchev–Trinajstić information content (AvgIpc) is 3.29. The highest BCUT2D eigenvalue weighted by molar-refractivity contribution is 5.93. The molecule has 2 aromatic rings. The summed E-state index contributed by atoms with van der Waals surface area (Å²) < 4.78 is 1.77. The van der Waals surface area contributed by atoms with Crippen LogP contribution in [0, 0.1) is 0 Å². The molecule has 1 fully saturated rings. The normalized spacial score (nSPS) is 16.9. The molecule has 3 rings (SSSR count). The van der Waals surface area contributed by atoms with Gasteiger partial charge in [-0.2, -0.15) is 5.10 Å². The largest absolute Gasteiger partial charge is 0.351 e. The Morgan fingerprint density at radius 2 is 2.12 bits per heavy atom. The van der Waals surface area contributed by atoms with Gasteiger partial charge in [0.1, 0.15) is 5.69 Å². The number of likely N-dealkylation sites (tertiary alicyclic amines) is 1. The second-order valence-electron chi connectivity index (χ2n) is 6.90. The summed E-state index contributed by atoms with van der Waals surface area (Å²) in [5, 5.41) is 7.04. The quantitative estimate of drug-likeness (QED) is 0.893. The fourth-order valence-electron chi connectivity index (χ4n) is 3.41. The molecule has 0 saturated carbocycles. The van der Waals surface area contributed by atoms with Crippen LogP contribution in [0.1, 0.15) is 67.4 Å². The molecule has 1 aliphatic rings.